The number of methoxy groups -OCH3 is 3. The van der Waals surface area contributed by atoms with Crippen molar-refractivity contribution in [2.24, 2.45) is 0 Å². The molecule has 0 unspecified atom stereocenters. The number of oxazole rings is 1. The Bertz CT molecular complexity index is 931. The number of thioether (sulfide) groups is 1. The summed E-state index contributed by atoms with van der Waals surface area (Å²) in [6.45, 7) is 0. The number of aromatic nitrogens is 1. The van der Waals surface area contributed by atoms with Gasteiger partial charge in [0.05, 0.1) is 21.3 Å². The minimum atomic E-state index is -0.0455. The smallest absolute Gasteiger partial charge is 0.256 e. The van der Waals surface area contributed by atoms with Crippen LogP contribution < -0.4 is 19.5 Å². The largest absolute Gasteiger partial charge is 0.493 e. The highest BCUT2D eigenvalue weighted by molar-refractivity contribution is 7.99. The number of amides is 1. The summed E-state index contributed by atoms with van der Waals surface area (Å²) in [5.41, 5.74) is 2.30. The van der Waals surface area contributed by atoms with Gasteiger partial charge in [0.25, 0.3) is 5.22 Å². The van der Waals surface area contributed by atoms with Crippen LogP contribution in [0.15, 0.2) is 46.0 Å². The number of carbonyl (C=O) groups is 1. The molecule has 1 aromatic heterocycles. The first-order valence-corrected chi connectivity index (χ1v) is 10.7. The number of ether oxygens (including phenoxy) is 3. The molecule has 0 aliphatic heterocycles. The monoisotopic (exact) mass is 430 g/mol. The topological polar surface area (TPSA) is 82.8 Å². The first kappa shape index (κ1) is 21.8. The van der Waals surface area contributed by atoms with Gasteiger partial charge in [-0.2, -0.15) is 0 Å². The molecule has 0 aliphatic rings. The molecule has 30 heavy (non-hydrogen) atoms. The Balaban J connectivity index is 1.39. The number of fused-ring (bicyclic) bond motifs is 1. The molecule has 0 fully saturated rings. The van der Waals surface area contributed by atoms with Crippen LogP contribution in [-0.4, -0.2) is 38.0 Å². The highest BCUT2D eigenvalue weighted by Gasteiger charge is 2.14. The fourth-order valence-corrected chi connectivity index (χ4v) is 3.85. The van der Waals surface area contributed by atoms with Crippen molar-refractivity contribution in [1.82, 2.24) is 4.98 Å². The molecule has 3 rings (SSSR count). The van der Waals surface area contributed by atoms with Crippen molar-refractivity contribution < 1.29 is 23.4 Å². The number of nitrogens with one attached hydrogen (secondary N) is 1. The van der Waals surface area contributed by atoms with Gasteiger partial charge in [-0.3, -0.25) is 4.79 Å². The molecule has 0 bridgehead atoms. The standard InChI is InChI=1S/C22H26N2O5S/c1-26-18-13-15(14-19(27-2)21(18)28-3)23-20(25)11-5-4-8-12-30-22-24-16-9-6-7-10-17(16)29-22/h6-7,9-10,13-14H,4-5,8,11-12H2,1-3H3,(H,23,25). The van der Waals surface area contributed by atoms with Crippen LogP contribution in [0, 0.1) is 0 Å². The first-order chi connectivity index (χ1) is 14.6. The second kappa shape index (κ2) is 10.8. The molecule has 0 aliphatic carbocycles. The summed E-state index contributed by atoms with van der Waals surface area (Å²) in [5.74, 6) is 2.36. The van der Waals surface area contributed by atoms with Crippen LogP contribution in [-0.2, 0) is 4.79 Å². The Hall–Kier alpha value is -2.87. The minimum absolute atomic E-state index is 0.0455. The van der Waals surface area contributed by atoms with Crippen LogP contribution in [0.25, 0.3) is 11.1 Å². The predicted octanol–water partition coefficient (Wildman–Crippen LogP) is 5.14. The van der Waals surface area contributed by atoms with Gasteiger partial charge in [0.15, 0.2) is 17.1 Å². The highest BCUT2D eigenvalue weighted by atomic mass is 32.2. The zero-order chi connectivity index (χ0) is 21.3. The summed E-state index contributed by atoms with van der Waals surface area (Å²) in [6, 6.07) is 11.2. The van der Waals surface area contributed by atoms with Gasteiger partial charge in [0.2, 0.25) is 11.7 Å². The summed E-state index contributed by atoms with van der Waals surface area (Å²) in [4.78, 5) is 16.7. The predicted molar refractivity (Wildman–Crippen MR) is 118 cm³/mol. The maximum atomic E-state index is 12.3. The van der Waals surface area contributed by atoms with Crippen LogP contribution in [0.4, 0.5) is 5.69 Å². The van der Waals surface area contributed by atoms with Crippen LogP contribution in [0.1, 0.15) is 25.7 Å². The molecule has 0 spiro atoms. The summed E-state index contributed by atoms with van der Waals surface area (Å²) in [7, 11) is 4.63. The van der Waals surface area contributed by atoms with Gasteiger partial charge < -0.3 is 23.9 Å². The molecule has 1 heterocycles. The molecule has 7 nitrogen and oxygen atoms in total. The summed E-state index contributed by atoms with van der Waals surface area (Å²) < 4.78 is 21.6. The average Bonchev–Trinajstić information content (AvgIpc) is 3.18. The maximum Gasteiger partial charge on any atom is 0.256 e. The molecule has 0 atom stereocenters. The Morgan fingerprint density at radius 1 is 1.03 bits per heavy atom. The van der Waals surface area contributed by atoms with E-state index in [1.54, 1.807) is 45.2 Å². The van der Waals surface area contributed by atoms with Crippen LogP contribution in [0.5, 0.6) is 17.2 Å². The Kier molecular flexibility index (Phi) is 7.84. The van der Waals surface area contributed by atoms with Crippen LogP contribution in [0.2, 0.25) is 0 Å². The van der Waals surface area contributed by atoms with E-state index in [9.17, 15) is 4.79 Å². The minimum Gasteiger partial charge on any atom is -0.493 e. The second-order valence-electron chi connectivity index (χ2n) is 6.57. The lowest BCUT2D eigenvalue weighted by Crippen LogP contribution is -2.11. The number of unbranched alkanes of at least 4 members (excludes halogenated alkanes) is 2. The van der Waals surface area contributed by atoms with Gasteiger partial charge in [0, 0.05) is 30.0 Å². The molecule has 0 saturated heterocycles. The molecule has 160 valence electrons. The van der Waals surface area contributed by atoms with E-state index in [1.165, 1.54) is 0 Å². The number of carbonyl (C=O) groups excluding carboxylic acids is 1. The lowest BCUT2D eigenvalue weighted by Gasteiger charge is -2.14. The van der Waals surface area contributed by atoms with E-state index in [-0.39, 0.29) is 5.91 Å². The van der Waals surface area contributed by atoms with E-state index in [1.807, 2.05) is 24.3 Å². The lowest BCUT2D eigenvalue weighted by atomic mass is 10.2. The van der Waals surface area contributed by atoms with Crippen molar-refractivity contribution in [3.63, 3.8) is 0 Å². The van der Waals surface area contributed by atoms with Gasteiger partial charge in [0.1, 0.15) is 5.52 Å². The lowest BCUT2D eigenvalue weighted by molar-refractivity contribution is -0.116. The Labute approximate surface area is 180 Å². The maximum absolute atomic E-state index is 12.3. The Morgan fingerprint density at radius 2 is 1.77 bits per heavy atom. The van der Waals surface area contributed by atoms with E-state index in [4.69, 9.17) is 18.6 Å². The van der Waals surface area contributed by atoms with Gasteiger partial charge in [-0.05, 0) is 25.0 Å². The molecule has 3 aromatic rings. The van der Waals surface area contributed by atoms with Crippen LogP contribution >= 0.6 is 11.8 Å². The molecule has 1 N–H and O–H groups in total. The highest BCUT2D eigenvalue weighted by Crippen LogP contribution is 2.40. The molecular formula is C22H26N2O5S. The normalized spacial score (nSPS) is 10.8. The van der Waals surface area contributed by atoms with Crippen molar-refractivity contribution in [3.8, 4) is 17.2 Å². The van der Waals surface area contributed by atoms with Gasteiger partial charge in [-0.1, -0.05) is 30.3 Å². The fraction of sp³-hybridized carbons (Fsp3) is 0.364. The zero-order valence-corrected chi connectivity index (χ0v) is 18.2. The number of nitrogens with zero attached hydrogens (tertiary/aromatic N) is 1. The number of rotatable bonds is 11. The van der Waals surface area contributed by atoms with Gasteiger partial charge >= 0.3 is 0 Å². The van der Waals surface area contributed by atoms with E-state index in [0.717, 1.165) is 36.1 Å². The molecule has 0 radical (unpaired) electrons. The first-order valence-electron chi connectivity index (χ1n) is 9.73. The number of hydrogen-bond donors (Lipinski definition) is 1. The summed E-state index contributed by atoms with van der Waals surface area (Å²) >= 11 is 1.60. The number of anilines is 1. The molecule has 1 amide bonds. The van der Waals surface area contributed by atoms with E-state index in [2.05, 4.69) is 10.3 Å². The second-order valence-corrected chi connectivity index (χ2v) is 7.61. The third-order valence-corrected chi connectivity index (χ3v) is 5.41. The van der Waals surface area contributed by atoms with E-state index < -0.39 is 0 Å². The van der Waals surface area contributed by atoms with Crippen molar-refractivity contribution in [1.29, 1.82) is 0 Å². The Morgan fingerprint density at radius 3 is 2.43 bits per heavy atom. The van der Waals surface area contributed by atoms with E-state index >= 15 is 0 Å². The molecule has 2 aromatic carbocycles. The number of hydrogen-bond acceptors (Lipinski definition) is 7. The average molecular weight is 431 g/mol. The zero-order valence-electron chi connectivity index (χ0n) is 17.4. The third-order valence-electron chi connectivity index (χ3n) is 4.50. The van der Waals surface area contributed by atoms with Crippen molar-refractivity contribution in [2.75, 3.05) is 32.4 Å². The fourth-order valence-electron chi connectivity index (χ4n) is 3.01. The molecular weight excluding hydrogens is 404 g/mol. The van der Waals surface area contributed by atoms with Gasteiger partial charge in [-0.25, -0.2) is 4.98 Å². The SMILES string of the molecule is COc1cc(NC(=O)CCCCCSc2nc3ccccc3o2)cc(OC)c1OC. The van der Waals surface area contributed by atoms with Crippen molar-refractivity contribution >= 4 is 34.5 Å². The number of para-hydroxylation sites is 2. The summed E-state index contributed by atoms with van der Waals surface area (Å²) in [6.07, 6.45) is 3.20. The quantitative estimate of drug-likeness (QED) is 0.333. The van der Waals surface area contributed by atoms with Crippen LogP contribution in [0.3, 0.4) is 0 Å². The van der Waals surface area contributed by atoms with Gasteiger partial charge in [-0.15, -0.1) is 0 Å². The van der Waals surface area contributed by atoms with E-state index in [0.29, 0.717) is 34.6 Å². The van der Waals surface area contributed by atoms with Crippen molar-refractivity contribution in [2.45, 2.75) is 30.9 Å². The molecule has 0 saturated carbocycles. The molecule has 8 heteroatoms. The number of benzene rings is 2. The van der Waals surface area contributed by atoms with Crippen molar-refractivity contribution in [3.05, 3.63) is 36.4 Å². The third kappa shape index (κ3) is 5.60. The summed E-state index contributed by atoms with van der Waals surface area (Å²) in [5, 5.41) is 3.58.